The molecule has 1 aliphatic rings. The van der Waals surface area contributed by atoms with Crippen LogP contribution in [0.25, 0.3) is 0 Å². The van der Waals surface area contributed by atoms with Gasteiger partial charge in [0.1, 0.15) is 12.6 Å². The van der Waals surface area contributed by atoms with Crippen LogP contribution in [-0.4, -0.2) is 69.8 Å². The van der Waals surface area contributed by atoms with Gasteiger partial charge in [-0.05, 0) is 24.3 Å². The van der Waals surface area contributed by atoms with Gasteiger partial charge in [0.15, 0.2) is 5.75 Å². The monoisotopic (exact) mass is 545 g/mol. The molecule has 11 nitrogen and oxygen atoms in total. The number of thiophene rings is 1. The molecule has 1 aromatic heterocycles. The highest BCUT2D eigenvalue weighted by Gasteiger charge is 2.26. The van der Waals surface area contributed by atoms with Crippen LogP contribution in [0.2, 0.25) is 4.34 Å². The number of hydrogen-bond donors (Lipinski definition) is 4. The van der Waals surface area contributed by atoms with Crippen molar-refractivity contribution in [3.05, 3.63) is 39.5 Å². The van der Waals surface area contributed by atoms with Gasteiger partial charge in [-0.3, -0.25) is 14.4 Å². The fraction of sp³-hybridized carbons (Fsp3) is 0.333. The number of nitrogens with one attached hydrogen (secondary N) is 4. The molecular formula is C21H22ClF2N5O6S. The molecule has 5 amide bonds. The van der Waals surface area contributed by atoms with Gasteiger partial charge in [0.05, 0.1) is 21.5 Å². The van der Waals surface area contributed by atoms with Crippen molar-refractivity contribution in [3.63, 3.8) is 0 Å². The minimum Gasteiger partial charge on any atom is -0.433 e. The number of alkyl halides is 2. The summed E-state index contributed by atoms with van der Waals surface area (Å²) >= 11 is 6.86. The fourth-order valence-corrected chi connectivity index (χ4v) is 4.10. The van der Waals surface area contributed by atoms with Crippen LogP contribution >= 0.6 is 22.9 Å². The zero-order valence-corrected chi connectivity index (χ0v) is 20.4. The second-order valence-electron chi connectivity index (χ2n) is 7.24. The third kappa shape index (κ3) is 7.26. The molecule has 15 heteroatoms. The standard InChI is InChI=1S/C21H22ClF2N5O6S/c1-25-21(33)28-13(9-26-19(32)15-4-5-16(22)36-15)18(31)27-12-3-2-11(8-14(12)35-20(23)24)29-6-7-34-10-17(29)30/h2-5,8,13,20H,6-7,9-10H2,1H3,(H,26,32)(H,27,31)(H2,25,28,33)/t13-/m0/s1. The van der Waals surface area contributed by atoms with Crippen LogP contribution in [0.1, 0.15) is 9.67 Å². The third-order valence-electron chi connectivity index (χ3n) is 4.85. The second-order valence-corrected chi connectivity index (χ2v) is 8.95. The van der Waals surface area contributed by atoms with Crippen LogP contribution in [0.3, 0.4) is 0 Å². The van der Waals surface area contributed by atoms with Crippen LogP contribution in [0, 0.1) is 0 Å². The number of halogens is 3. The summed E-state index contributed by atoms with van der Waals surface area (Å²) < 4.78 is 36.2. The molecule has 2 aromatic rings. The van der Waals surface area contributed by atoms with Crippen molar-refractivity contribution in [1.82, 2.24) is 16.0 Å². The molecule has 0 bridgehead atoms. The molecular weight excluding hydrogens is 524 g/mol. The summed E-state index contributed by atoms with van der Waals surface area (Å²) in [5.74, 6) is -2.10. The summed E-state index contributed by atoms with van der Waals surface area (Å²) in [5, 5.41) is 9.60. The van der Waals surface area contributed by atoms with Crippen molar-refractivity contribution in [3.8, 4) is 5.75 Å². The molecule has 3 rings (SSSR count). The van der Waals surface area contributed by atoms with Crippen LogP contribution < -0.4 is 30.9 Å². The van der Waals surface area contributed by atoms with Gasteiger partial charge in [0.25, 0.3) is 11.8 Å². The first-order valence-electron chi connectivity index (χ1n) is 10.5. The maximum atomic E-state index is 13.1. The van der Waals surface area contributed by atoms with E-state index in [-0.39, 0.29) is 43.6 Å². The lowest BCUT2D eigenvalue weighted by molar-refractivity contribution is -0.125. The van der Waals surface area contributed by atoms with Crippen LogP contribution in [0.4, 0.5) is 25.0 Å². The van der Waals surface area contributed by atoms with Gasteiger partial charge in [0, 0.05) is 31.9 Å². The number of morpholine rings is 1. The largest absolute Gasteiger partial charge is 0.433 e. The highest BCUT2D eigenvalue weighted by atomic mass is 35.5. The molecule has 0 radical (unpaired) electrons. The van der Waals surface area contributed by atoms with E-state index < -0.39 is 36.2 Å². The molecule has 36 heavy (non-hydrogen) atoms. The highest BCUT2D eigenvalue weighted by Crippen LogP contribution is 2.32. The van der Waals surface area contributed by atoms with E-state index >= 15 is 0 Å². The molecule has 1 aliphatic heterocycles. The van der Waals surface area contributed by atoms with E-state index in [0.717, 1.165) is 11.3 Å². The average molecular weight is 546 g/mol. The van der Waals surface area contributed by atoms with Gasteiger partial charge in [-0.1, -0.05) is 11.6 Å². The molecule has 1 aromatic carbocycles. The van der Waals surface area contributed by atoms with Gasteiger partial charge in [-0.2, -0.15) is 8.78 Å². The van der Waals surface area contributed by atoms with Crippen molar-refractivity contribution in [2.24, 2.45) is 0 Å². The topological polar surface area (TPSA) is 138 Å². The quantitative estimate of drug-likeness (QED) is 0.380. The Bertz CT molecular complexity index is 1130. The maximum absolute atomic E-state index is 13.1. The molecule has 2 heterocycles. The minimum absolute atomic E-state index is 0.134. The van der Waals surface area contributed by atoms with E-state index in [1.165, 1.54) is 42.3 Å². The van der Waals surface area contributed by atoms with E-state index in [2.05, 4.69) is 26.0 Å². The lowest BCUT2D eigenvalue weighted by Crippen LogP contribution is -2.52. The van der Waals surface area contributed by atoms with Crippen molar-refractivity contribution < 1.29 is 37.4 Å². The smallest absolute Gasteiger partial charge is 0.387 e. The van der Waals surface area contributed by atoms with Crippen molar-refractivity contribution >= 4 is 58.1 Å². The molecule has 0 aliphatic carbocycles. The lowest BCUT2D eigenvalue weighted by Gasteiger charge is -2.27. The Morgan fingerprint density at radius 3 is 2.67 bits per heavy atom. The van der Waals surface area contributed by atoms with Gasteiger partial charge < -0.3 is 35.6 Å². The molecule has 0 unspecified atom stereocenters. The lowest BCUT2D eigenvalue weighted by atomic mass is 10.2. The predicted molar refractivity (Wildman–Crippen MR) is 128 cm³/mol. The van der Waals surface area contributed by atoms with E-state index in [1.54, 1.807) is 0 Å². The van der Waals surface area contributed by atoms with Crippen molar-refractivity contribution in [2.45, 2.75) is 12.7 Å². The number of nitrogens with zero attached hydrogens (tertiary/aromatic N) is 1. The predicted octanol–water partition coefficient (Wildman–Crippen LogP) is 2.03. The number of ether oxygens (including phenoxy) is 2. The Hall–Kier alpha value is -3.49. The van der Waals surface area contributed by atoms with Crippen LogP contribution in [0.15, 0.2) is 30.3 Å². The van der Waals surface area contributed by atoms with Gasteiger partial charge in [-0.25, -0.2) is 4.79 Å². The van der Waals surface area contributed by atoms with E-state index in [9.17, 15) is 28.0 Å². The number of anilines is 2. The number of carbonyl (C=O) groups excluding carboxylic acids is 4. The van der Waals surface area contributed by atoms with Gasteiger partial charge >= 0.3 is 12.6 Å². The number of urea groups is 1. The van der Waals surface area contributed by atoms with Crippen molar-refractivity contribution in [2.75, 3.05) is 43.6 Å². The molecule has 0 spiro atoms. The van der Waals surface area contributed by atoms with E-state index in [4.69, 9.17) is 16.3 Å². The summed E-state index contributed by atoms with van der Waals surface area (Å²) in [6.07, 6.45) is 0. The first kappa shape index (κ1) is 27.1. The third-order valence-corrected chi connectivity index (χ3v) is 6.08. The number of carbonyl (C=O) groups is 4. The minimum atomic E-state index is -3.21. The zero-order valence-electron chi connectivity index (χ0n) is 18.8. The Kier molecular flexibility index (Phi) is 9.38. The van der Waals surface area contributed by atoms with Crippen molar-refractivity contribution in [1.29, 1.82) is 0 Å². The summed E-state index contributed by atoms with van der Waals surface area (Å²) in [6.45, 7) is -3.20. The normalized spacial score (nSPS) is 14.2. The zero-order chi connectivity index (χ0) is 26.2. The first-order chi connectivity index (χ1) is 17.2. The Labute approximate surface area is 213 Å². The molecule has 1 atom stereocenters. The van der Waals surface area contributed by atoms with Gasteiger partial charge in [0.2, 0.25) is 5.91 Å². The Morgan fingerprint density at radius 1 is 1.25 bits per heavy atom. The fourth-order valence-electron chi connectivity index (χ4n) is 3.14. The second kappa shape index (κ2) is 12.5. The molecule has 1 saturated heterocycles. The number of hydrogen-bond acceptors (Lipinski definition) is 7. The van der Waals surface area contributed by atoms with E-state index in [1.807, 2.05) is 0 Å². The summed E-state index contributed by atoms with van der Waals surface area (Å²) in [4.78, 5) is 50.9. The molecule has 194 valence electrons. The summed E-state index contributed by atoms with van der Waals surface area (Å²) in [5.41, 5.74) is 0.142. The van der Waals surface area contributed by atoms with E-state index in [0.29, 0.717) is 9.21 Å². The summed E-state index contributed by atoms with van der Waals surface area (Å²) in [6, 6.07) is 4.95. The number of rotatable bonds is 9. The Balaban J connectivity index is 1.77. The Morgan fingerprint density at radius 2 is 2.03 bits per heavy atom. The number of benzene rings is 1. The van der Waals surface area contributed by atoms with Crippen LogP contribution in [-0.2, 0) is 14.3 Å². The highest BCUT2D eigenvalue weighted by molar-refractivity contribution is 7.18. The average Bonchev–Trinajstić information content (AvgIpc) is 3.28. The SMILES string of the molecule is CNC(=O)N[C@@H](CNC(=O)c1ccc(Cl)s1)C(=O)Nc1ccc(N2CCOCC2=O)cc1OC(F)F. The van der Waals surface area contributed by atoms with Crippen LogP contribution in [0.5, 0.6) is 5.75 Å². The first-order valence-corrected chi connectivity index (χ1v) is 11.7. The number of amides is 5. The molecule has 1 fully saturated rings. The van der Waals surface area contributed by atoms with Gasteiger partial charge in [-0.15, -0.1) is 11.3 Å². The molecule has 0 saturated carbocycles. The maximum Gasteiger partial charge on any atom is 0.387 e. The summed E-state index contributed by atoms with van der Waals surface area (Å²) in [7, 11) is 1.33. The molecule has 4 N–H and O–H groups in total.